The standard InChI is InChI=1S/C10H10N6O3/c1-5(17)7-3-2-6(18-7)4-13-14-9(11)8-10(12)16-19-15-8/h2-4H,1H3,(H2,11,14)(H2,12,16)/b13-4+. The van der Waals surface area contributed by atoms with Crippen molar-refractivity contribution in [1.82, 2.24) is 10.3 Å². The molecule has 0 amide bonds. The van der Waals surface area contributed by atoms with Gasteiger partial charge in [-0.3, -0.25) is 4.79 Å². The van der Waals surface area contributed by atoms with Gasteiger partial charge in [-0.15, -0.1) is 5.10 Å². The molecule has 19 heavy (non-hydrogen) atoms. The van der Waals surface area contributed by atoms with Crippen molar-refractivity contribution in [3.8, 4) is 0 Å². The fourth-order valence-corrected chi connectivity index (χ4v) is 1.18. The van der Waals surface area contributed by atoms with Gasteiger partial charge in [0.15, 0.2) is 28.9 Å². The fraction of sp³-hybridized carbons (Fsp3) is 0.100. The summed E-state index contributed by atoms with van der Waals surface area (Å²) in [4.78, 5) is 11.0. The van der Waals surface area contributed by atoms with Crippen LogP contribution in [0, 0.1) is 0 Å². The molecule has 0 bridgehead atoms. The van der Waals surface area contributed by atoms with Crippen LogP contribution in [-0.4, -0.2) is 28.1 Å². The monoisotopic (exact) mass is 262 g/mol. The number of hydrogen-bond acceptors (Lipinski definition) is 8. The largest absolute Gasteiger partial charge is 0.452 e. The summed E-state index contributed by atoms with van der Waals surface area (Å²) in [5.74, 6) is 0.405. The molecule has 0 radical (unpaired) electrons. The van der Waals surface area contributed by atoms with Crippen LogP contribution in [0.4, 0.5) is 5.82 Å². The van der Waals surface area contributed by atoms with Gasteiger partial charge in [0, 0.05) is 6.92 Å². The molecule has 2 aromatic rings. The van der Waals surface area contributed by atoms with Crippen LogP contribution in [0.2, 0.25) is 0 Å². The van der Waals surface area contributed by atoms with E-state index in [1.807, 2.05) is 0 Å². The molecule has 0 fully saturated rings. The van der Waals surface area contributed by atoms with Gasteiger partial charge >= 0.3 is 0 Å². The van der Waals surface area contributed by atoms with Gasteiger partial charge in [-0.1, -0.05) is 0 Å². The van der Waals surface area contributed by atoms with Gasteiger partial charge in [-0.2, -0.15) is 5.10 Å². The Morgan fingerprint density at radius 3 is 2.79 bits per heavy atom. The van der Waals surface area contributed by atoms with Crippen LogP contribution in [-0.2, 0) is 0 Å². The zero-order chi connectivity index (χ0) is 13.8. The molecule has 2 aromatic heterocycles. The lowest BCUT2D eigenvalue weighted by Gasteiger charge is -1.90. The second kappa shape index (κ2) is 5.12. The van der Waals surface area contributed by atoms with Crippen molar-refractivity contribution in [3.05, 3.63) is 29.3 Å². The number of carbonyl (C=O) groups excluding carboxylic acids is 1. The normalized spacial score (nSPS) is 12.2. The van der Waals surface area contributed by atoms with Gasteiger partial charge in [0.2, 0.25) is 0 Å². The number of nitrogens with two attached hydrogens (primary N) is 2. The van der Waals surface area contributed by atoms with E-state index in [9.17, 15) is 4.79 Å². The Hall–Kier alpha value is -2.97. The second-order valence-corrected chi connectivity index (χ2v) is 3.49. The highest BCUT2D eigenvalue weighted by Gasteiger charge is 2.10. The minimum atomic E-state index is -0.177. The molecule has 0 aliphatic heterocycles. The Morgan fingerprint density at radius 2 is 2.21 bits per heavy atom. The predicted molar refractivity (Wildman–Crippen MR) is 65.7 cm³/mol. The van der Waals surface area contributed by atoms with E-state index in [4.69, 9.17) is 15.9 Å². The molecule has 2 heterocycles. The second-order valence-electron chi connectivity index (χ2n) is 3.49. The van der Waals surface area contributed by atoms with Gasteiger partial charge < -0.3 is 15.9 Å². The van der Waals surface area contributed by atoms with Gasteiger partial charge in [-0.05, 0) is 22.4 Å². The lowest BCUT2D eigenvalue weighted by molar-refractivity contribution is 0.0987. The zero-order valence-corrected chi connectivity index (χ0v) is 9.90. The SMILES string of the molecule is CC(=O)c1ccc(/C=N/N=C(\N)c2nonc2N)o1. The molecule has 98 valence electrons. The lowest BCUT2D eigenvalue weighted by Crippen LogP contribution is -2.15. The van der Waals surface area contributed by atoms with Crippen LogP contribution in [0.3, 0.4) is 0 Å². The fourth-order valence-electron chi connectivity index (χ4n) is 1.18. The summed E-state index contributed by atoms with van der Waals surface area (Å²) in [7, 11) is 0. The molecule has 0 saturated carbocycles. The number of Topliss-reactive ketones (excluding diaryl/α,β-unsaturated/α-hetero) is 1. The van der Waals surface area contributed by atoms with E-state index in [-0.39, 0.29) is 28.9 Å². The highest BCUT2D eigenvalue weighted by atomic mass is 16.6. The maximum Gasteiger partial charge on any atom is 0.199 e. The van der Waals surface area contributed by atoms with E-state index < -0.39 is 0 Å². The van der Waals surface area contributed by atoms with E-state index in [1.165, 1.54) is 19.2 Å². The van der Waals surface area contributed by atoms with Crippen molar-refractivity contribution >= 4 is 23.7 Å². The maximum absolute atomic E-state index is 11.0. The summed E-state index contributed by atoms with van der Waals surface area (Å²) < 4.78 is 9.53. The molecule has 0 saturated heterocycles. The predicted octanol–water partition coefficient (Wildman–Crippen LogP) is 0.187. The first-order valence-electron chi connectivity index (χ1n) is 5.13. The Labute approximate surface area is 106 Å². The number of hydrogen-bond donors (Lipinski definition) is 2. The Kier molecular flexibility index (Phi) is 3.37. The minimum Gasteiger partial charge on any atom is -0.452 e. The van der Waals surface area contributed by atoms with Crippen LogP contribution in [0.5, 0.6) is 0 Å². The third kappa shape index (κ3) is 2.83. The summed E-state index contributed by atoms with van der Waals surface area (Å²) in [6.45, 7) is 1.40. The molecule has 0 spiro atoms. The molecular formula is C10H10N6O3. The number of nitrogen functional groups attached to an aromatic ring is 1. The van der Waals surface area contributed by atoms with Gasteiger partial charge in [0.1, 0.15) is 5.76 Å². The van der Waals surface area contributed by atoms with Gasteiger partial charge in [-0.25, -0.2) is 4.63 Å². The van der Waals surface area contributed by atoms with Crippen molar-refractivity contribution in [3.63, 3.8) is 0 Å². The van der Waals surface area contributed by atoms with Gasteiger partial charge in [0.25, 0.3) is 0 Å². The Balaban J connectivity index is 2.10. The molecule has 9 heteroatoms. The van der Waals surface area contributed by atoms with E-state index in [2.05, 4.69) is 25.1 Å². The van der Waals surface area contributed by atoms with Crippen LogP contribution in [0.1, 0.15) is 28.9 Å². The molecule has 0 aliphatic rings. The van der Waals surface area contributed by atoms with Crippen molar-refractivity contribution in [2.45, 2.75) is 6.92 Å². The molecule has 0 unspecified atom stereocenters. The average Bonchev–Trinajstić information content (AvgIpc) is 2.97. The molecule has 2 rings (SSSR count). The van der Waals surface area contributed by atoms with Gasteiger partial charge in [0.05, 0.1) is 6.21 Å². The van der Waals surface area contributed by atoms with Crippen LogP contribution >= 0.6 is 0 Å². The Morgan fingerprint density at radius 1 is 1.42 bits per heavy atom. The number of aromatic nitrogens is 2. The first-order valence-corrected chi connectivity index (χ1v) is 5.13. The highest BCUT2D eigenvalue weighted by molar-refractivity contribution is 5.99. The average molecular weight is 262 g/mol. The molecular weight excluding hydrogens is 252 g/mol. The summed E-state index contributed by atoms with van der Waals surface area (Å²) in [5.41, 5.74) is 11.1. The van der Waals surface area contributed by atoms with Crippen molar-refractivity contribution in [1.29, 1.82) is 0 Å². The van der Waals surface area contributed by atoms with Crippen molar-refractivity contribution in [2.24, 2.45) is 15.9 Å². The number of rotatable bonds is 4. The summed E-state index contributed by atoms with van der Waals surface area (Å²) >= 11 is 0. The third-order valence-electron chi connectivity index (χ3n) is 2.08. The first kappa shape index (κ1) is 12.5. The third-order valence-corrected chi connectivity index (χ3v) is 2.08. The molecule has 9 nitrogen and oxygen atoms in total. The number of nitrogens with zero attached hydrogens (tertiary/aromatic N) is 4. The molecule has 4 N–H and O–H groups in total. The van der Waals surface area contributed by atoms with Crippen LogP contribution < -0.4 is 11.5 Å². The molecule has 0 aliphatic carbocycles. The maximum atomic E-state index is 11.0. The van der Waals surface area contributed by atoms with E-state index in [0.717, 1.165) is 0 Å². The quantitative estimate of drug-likeness (QED) is 0.346. The number of amidine groups is 1. The lowest BCUT2D eigenvalue weighted by atomic mass is 10.3. The topological polar surface area (TPSA) is 146 Å². The molecule has 0 atom stereocenters. The number of carbonyl (C=O) groups is 1. The highest BCUT2D eigenvalue weighted by Crippen LogP contribution is 2.07. The number of anilines is 1. The van der Waals surface area contributed by atoms with Crippen LogP contribution in [0.15, 0.2) is 31.4 Å². The summed E-state index contributed by atoms with van der Waals surface area (Å²) in [6.07, 6.45) is 1.29. The molecule has 0 aromatic carbocycles. The van der Waals surface area contributed by atoms with Crippen molar-refractivity contribution in [2.75, 3.05) is 5.73 Å². The summed E-state index contributed by atoms with van der Waals surface area (Å²) in [5, 5.41) is 14.1. The first-order chi connectivity index (χ1) is 9.08. The zero-order valence-electron chi connectivity index (χ0n) is 9.90. The van der Waals surface area contributed by atoms with Crippen molar-refractivity contribution < 1.29 is 13.8 Å². The smallest absolute Gasteiger partial charge is 0.199 e. The van der Waals surface area contributed by atoms with E-state index >= 15 is 0 Å². The number of ketones is 1. The van der Waals surface area contributed by atoms with E-state index in [0.29, 0.717) is 5.76 Å². The Bertz CT molecular complexity index is 654. The van der Waals surface area contributed by atoms with Crippen LogP contribution in [0.25, 0.3) is 0 Å². The minimum absolute atomic E-state index is 0.0216. The summed E-state index contributed by atoms with van der Waals surface area (Å²) in [6, 6.07) is 3.12. The van der Waals surface area contributed by atoms with E-state index in [1.54, 1.807) is 6.07 Å². The number of furan rings is 1.